The van der Waals surface area contributed by atoms with Crippen molar-refractivity contribution in [2.24, 2.45) is 0 Å². The SMILES string of the molecule is O=C(O)c1ccn(-c2nnc3cc(Br)ccn23)n1. The van der Waals surface area contributed by atoms with Gasteiger partial charge >= 0.3 is 5.97 Å². The van der Waals surface area contributed by atoms with Gasteiger partial charge in [0.1, 0.15) is 0 Å². The molecule has 0 unspecified atom stereocenters. The van der Waals surface area contributed by atoms with Crippen molar-refractivity contribution in [1.29, 1.82) is 0 Å². The molecular weight excluding hydrogens is 302 g/mol. The van der Waals surface area contributed by atoms with E-state index in [2.05, 4.69) is 31.2 Å². The van der Waals surface area contributed by atoms with Crippen molar-refractivity contribution in [1.82, 2.24) is 24.4 Å². The van der Waals surface area contributed by atoms with Gasteiger partial charge in [-0.3, -0.25) is 4.40 Å². The number of aromatic carboxylic acids is 1. The molecule has 0 atom stereocenters. The number of nitrogens with zero attached hydrogens (tertiary/aromatic N) is 5. The third-order valence-corrected chi connectivity index (χ3v) is 2.86. The topological polar surface area (TPSA) is 85.3 Å². The molecule has 8 heteroatoms. The van der Waals surface area contributed by atoms with Gasteiger partial charge in [-0.15, -0.1) is 10.2 Å². The van der Waals surface area contributed by atoms with Gasteiger partial charge in [-0.05, 0) is 18.2 Å². The van der Waals surface area contributed by atoms with Crippen molar-refractivity contribution < 1.29 is 9.90 Å². The predicted molar refractivity (Wildman–Crippen MR) is 64.8 cm³/mol. The van der Waals surface area contributed by atoms with E-state index in [9.17, 15) is 4.79 Å². The monoisotopic (exact) mass is 307 g/mol. The van der Waals surface area contributed by atoms with Crippen molar-refractivity contribution >= 4 is 27.5 Å². The molecule has 0 fully saturated rings. The highest BCUT2D eigenvalue weighted by Gasteiger charge is 2.12. The van der Waals surface area contributed by atoms with Crippen molar-refractivity contribution in [2.45, 2.75) is 0 Å². The third-order valence-electron chi connectivity index (χ3n) is 2.37. The van der Waals surface area contributed by atoms with E-state index in [4.69, 9.17) is 5.11 Å². The Morgan fingerprint density at radius 3 is 2.83 bits per heavy atom. The predicted octanol–water partition coefficient (Wildman–Crippen LogP) is 1.38. The molecule has 0 aliphatic carbocycles. The number of carbonyl (C=O) groups is 1. The number of fused-ring (bicyclic) bond motifs is 1. The standard InChI is InChI=1S/C10H6BrN5O2/c11-6-1-3-15-8(5-6)12-13-10(15)16-4-2-7(14-16)9(17)18/h1-5H,(H,17,18). The van der Waals surface area contributed by atoms with Gasteiger partial charge < -0.3 is 5.11 Å². The maximum atomic E-state index is 10.8. The van der Waals surface area contributed by atoms with E-state index in [-0.39, 0.29) is 5.69 Å². The molecule has 3 heterocycles. The molecule has 0 aromatic carbocycles. The summed E-state index contributed by atoms with van der Waals surface area (Å²) in [7, 11) is 0. The molecule has 3 aromatic heterocycles. The lowest BCUT2D eigenvalue weighted by molar-refractivity contribution is 0.0690. The normalized spacial score (nSPS) is 10.9. The summed E-state index contributed by atoms with van der Waals surface area (Å²) in [6.45, 7) is 0. The molecule has 0 saturated heterocycles. The zero-order chi connectivity index (χ0) is 12.7. The van der Waals surface area contributed by atoms with E-state index in [0.29, 0.717) is 11.6 Å². The fourth-order valence-corrected chi connectivity index (χ4v) is 1.88. The van der Waals surface area contributed by atoms with Crippen LogP contribution in [-0.4, -0.2) is 35.5 Å². The van der Waals surface area contributed by atoms with Crippen molar-refractivity contribution in [3.05, 3.63) is 40.8 Å². The largest absolute Gasteiger partial charge is 0.476 e. The Kier molecular flexibility index (Phi) is 2.37. The Balaban J connectivity index is 2.16. The molecule has 0 aliphatic rings. The van der Waals surface area contributed by atoms with E-state index in [1.54, 1.807) is 16.7 Å². The summed E-state index contributed by atoms with van der Waals surface area (Å²) in [4.78, 5) is 10.8. The first-order chi connectivity index (χ1) is 8.65. The average Bonchev–Trinajstić information content (AvgIpc) is 2.92. The minimum Gasteiger partial charge on any atom is -0.476 e. The van der Waals surface area contributed by atoms with Gasteiger partial charge in [0.15, 0.2) is 11.3 Å². The Labute approximate surface area is 109 Å². The van der Waals surface area contributed by atoms with Crippen LogP contribution >= 0.6 is 15.9 Å². The van der Waals surface area contributed by atoms with Crippen LogP contribution in [0.25, 0.3) is 11.6 Å². The number of aromatic nitrogens is 5. The van der Waals surface area contributed by atoms with Crippen LogP contribution < -0.4 is 0 Å². The van der Waals surface area contributed by atoms with E-state index in [1.165, 1.54) is 16.9 Å². The van der Waals surface area contributed by atoms with Crippen molar-refractivity contribution in [2.75, 3.05) is 0 Å². The van der Waals surface area contributed by atoms with Crippen LogP contribution in [0.2, 0.25) is 0 Å². The number of rotatable bonds is 2. The molecule has 90 valence electrons. The smallest absolute Gasteiger partial charge is 0.356 e. The third kappa shape index (κ3) is 1.66. The molecule has 0 saturated carbocycles. The fraction of sp³-hybridized carbons (Fsp3) is 0. The summed E-state index contributed by atoms with van der Waals surface area (Å²) >= 11 is 3.34. The summed E-state index contributed by atoms with van der Waals surface area (Å²) in [5.41, 5.74) is 0.607. The zero-order valence-electron chi connectivity index (χ0n) is 8.86. The molecular formula is C10H6BrN5O2. The molecule has 3 rings (SSSR count). The Bertz CT molecular complexity index is 748. The lowest BCUT2D eigenvalue weighted by Gasteiger charge is -1.98. The minimum absolute atomic E-state index is 0.0381. The first-order valence-corrected chi connectivity index (χ1v) is 5.74. The average molecular weight is 308 g/mol. The van der Waals surface area contributed by atoms with Gasteiger partial charge in [-0.2, -0.15) is 5.10 Å². The highest BCUT2D eigenvalue weighted by molar-refractivity contribution is 9.10. The molecule has 0 aliphatic heterocycles. The van der Waals surface area contributed by atoms with Crippen LogP contribution in [0, 0.1) is 0 Å². The second kappa shape index (κ2) is 3.91. The van der Waals surface area contributed by atoms with Crippen LogP contribution in [0.1, 0.15) is 10.5 Å². The van der Waals surface area contributed by atoms with Gasteiger partial charge in [0.25, 0.3) is 5.95 Å². The number of halogens is 1. The molecule has 0 radical (unpaired) electrons. The zero-order valence-corrected chi connectivity index (χ0v) is 10.4. The first kappa shape index (κ1) is 10.9. The van der Waals surface area contributed by atoms with Crippen LogP contribution in [0.4, 0.5) is 0 Å². The van der Waals surface area contributed by atoms with Gasteiger partial charge in [0.05, 0.1) is 0 Å². The van der Waals surface area contributed by atoms with E-state index < -0.39 is 5.97 Å². The minimum atomic E-state index is -1.08. The highest BCUT2D eigenvalue weighted by Crippen LogP contribution is 2.14. The number of carboxylic acid groups (broad SMARTS) is 1. The lowest BCUT2D eigenvalue weighted by Crippen LogP contribution is -2.04. The van der Waals surface area contributed by atoms with Crippen molar-refractivity contribution in [3.8, 4) is 5.95 Å². The molecule has 0 spiro atoms. The summed E-state index contributed by atoms with van der Waals surface area (Å²) < 4.78 is 3.97. The molecule has 1 N–H and O–H groups in total. The van der Waals surface area contributed by atoms with E-state index in [0.717, 1.165) is 4.47 Å². The number of hydrogen-bond donors (Lipinski definition) is 1. The maximum absolute atomic E-state index is 10.8. The van der Waals surface area contributed by atoms with Crippen LogP contribution in [0.3, 0.4) is 0 Å². The quantitative estimate of drug-likeness (QED) is 0.773. The molecule has 3 aromatic rings. The molecule has 18 heavy (non-hydrogen) atoms. The Hall–Kier alpha value is -2.22. The van der Waals surface area contributed by atoms with E-state index in [1.807, 2.05) is 6.07 Å². The molecule has 0 bridgehead atoms. The highest BCUT2D eigenvalue weighted by atomic mass is 79.9. The van der Waals surface area contributed by atoms with Gasteiger partial charge in [0.2, 0.25) is 0 Å². The Morgan fingerprint density at radius 1 is 1.28 bits per heavy atom. The number of pyridine rings is 1. The summed E-state index contributed by atoms with van der Waals surface area (Å²) in [6.07, 6.45) is 3.30. The lowest BCUT2D eigenvalue weighted by atomic mass is 10.5. The van der Waals surface area contributed by atoms with E-state index >= 15 is 0 Å². The van der Waals surface area contributed by atoms with Crippen LogP contribution in [0.5, 0.6) is 0 Å². The summed E-state index contributed by atoms with van der Waals surface area (Å²) in [6, 6.07) is 5.04. The van der Waals surface area contributed by atoms with Crippen LogP contribution in [-0.2, 0) is 0 Å². The molecule has 7 nitrogen and oxygen atoms in total. The maximum Gasteiger partial charge on any atom is 0.356 e. The summed E-state index contributed by atoms with van der Waals surface area (Å²) in [5.74, 6) is -0.643. The molecule has 0 amide bonds. The summed E-state index contributed by atoms with van der Waals surface area (Å²) in [5, 5.41) is 20.7. The second-order valence-corrected chi connectivity index (χ2v) is 4.44. The van der Waals surface area contributed by atoms with Gasteiger partial charge in [-0.1, -0.05) is 15.9 Å². The van der Waals surface area contributed by atoms with Gasteiger partial charge in [-0.25, -0.2) is 9.48 Å². The second-order valence-electron chi connectivity index (χ2n) is 3.52. The van der Waals surface area contributed by atoms with Gasteiger partial charge in [0, 0.05) is 16.9 Å². The van der Waals surface area contributed by atoms with Crippen LogP contribution in [0.15, 0.2) is 35.1 Å². The number of hydrogen-bond acceptors (Lipinski definition) is 4. The fourth-order valence-electron chi connectivity index (χ4n) is 1.56. The number of carboxylic acids is 1. The first-order valence-electron chi connectivity index (χ1n) is 4.95. The van der Waals surface area contributed by atoms with Crippen molar-refractivity contribution in [3.63, 3.8) is 0 Å². The Morgan fingerprint density at radius 2 is 2.11 bits per heavy atom.